The number of aldehydes is 1. The van der Waals surface area contributed by atoms with Gasteiger partial charge in [-0.15, -0.1) is 0 Å². The third-order valence-corrected chi connectivity index (χ3v) is 3.09. The van der Waals surface area contributed by atoms with E-state index in [2.05, 4.69) is 0 Å². The molecule has 2 aromatic rings. The van der Waals surface area contributed by atoms with Crippen LogP contribution in [0.5, 0.6) is 0 Å². The third kappa shape index (κ3) is 2.68. The van der Waals surface area contributed by atoms with Gasteiger partial charge in [-0.3, -0.25) is 14.9 Å². The van der Waals surface area contributed by atoms with Gasteiger partial charge in [-0.1, -0.05) is 36.4 Å². The summed E-state index contributed by atoms with van der Waals surface area (Å²) < 4.78 is 0. The Morgan fingerprint density at radius 3 is 2.42 bits per heavy atom. The maximum absolute atomic E-state index is 11.2. The fraction of sp³-hybridized carbons (Fsp3) is 0.133. The van der Waals surface area contributed by atoms with E-state index in [1.54, 1.807) is 13.0 Å². The predicted octanol–water partition coefficient (Wildman–Crippen LogP) is 3.31. The molecule has 4 heteroatoms. The number of carbonyl (C=O) groups is 1. The Hall–Kier alpha value is -2.49. The Labute approximate surface area is 110 Å². The first kappa shape index (κ1) is 13.0. The summed E-state index contributed by atoms with van der Waals surface area (Å²) in [5, 5.41) is 11.1. The Kier molecular flexibility index (Phi) is 3.71. The number of nitrogens with zero attached hydrogens (tertiary/aromatic N) is 1. The minimum atomic E-state index is -0.440. The molecule has 0 spiro atoms. The number of carbonyl (C=O) groups excluding carboxylic acids is 1. The number of hydrogen-bond acceptors (Lipinski definition) is 3. The van der Waals surface area contributed by atoms with Crippen LogP contribution in [0.3, 0.4) is 0 Å². The molecule has 0 amide bonds. The number of aryl methyl sites for hydroxylation is 1. The summed E-state index contributed by atoms with van der Waals surface area (Å²) in [5.41, 5.74) is 2.59. The lowest BCUT2D eigenvalue weighted by Crippen LogP contribution is -2.03. The van der Waals surface area contributed by atoms with Gasteiger partial charge in [0.2, 0.25) is 0 Å². The van der Waals surface area contributed by atoms with Gasteiger partial charge in [0, 0.05) is 23.6 Å². The van der Waals surface area contributed by atoms with Crippen molar-refractivity contribution in [1.29, 1.82) is 0 Å². The van der Waals surface area contributed by atoms with Crippen molar-refractivity contribution in [2.75, 3.05) is 0 Å². The van der Waals surface area contributed by atoms with Crippen LogP contribution in [-0.2, 0) is 6.42 Å². The van der Waals surface area contributed by atoms with Crippen molar-refractivity contribution < 1.29 is 9.72 Å². The summed E-state index contributed by atoms with van der Waals surface area (Å²) in [7, 11) is 0. The first-order chi connectivity index (χ1) is 9.13. The van der Waals surface area contributed by atoms with Crippen molar-refractivity contribution in [1.82, 2.24) is 0 Å². The van der Waals surface area contributed by atoms with E-state index in [4.69, 9.17) is 0 Å². The van der Waals surface area contributed by atoms with Gasteiger partial charge in [0.05, 0.1) is 4.92 Å². The topological polar surface area (TPSA) is 60.2 Å². The largest absolute Gasteiger partial charge is 0.298 e. The van der Waals surface area contributed by atoms with Crippen molar-refractivity contribution in [2.45, 2.75) is 13.3 Å². The highest BCUT2D eigenvalue weighted by Crippen LogP contribution is 2.26. The molecule has 0 saturated heterocycles. The molecule has 0 heterocycles. The van der Waals surface area contributed by atoms with Crippen LogP contribution in [0.4, 0.5) is 5.69 Å². The Morgan fingerprint density at radius 2 is 1.84 bits per heavy atom. The van der Waals surface area contributed by atoms with E-state index in [1.165, 1.54) is 6.07 Å². The Balaban J connectivity index is 2.56. The van der Waals surface area contributed by atoms with Crippen LogP contribution in [0.2, 0.25) is 0 Å². The molecule has 0 unspecified atom stereocenters. The first-order valence-electron chi connectivity index (χ1n) is 5.89. The lowest BCUT2D eigenvalue weighted by molar-refractivity contribution is -0.385. The summed E-state index contributed by atoms with van der Waals surface area (Å²) in [6.45, 7) is 1.78. The zero-order valence-corrected chi connectivity index (χ0v) is 10.5. The Morgan fingerprint density at radius 1 is 1.16 bits per heavy atom. The number of nitro benzene ring substituents is 1. The molecule has 0 aliphatic carbocycles. The predicted molar refractivity (Wildman–Crippen MR) is 72.5 cm³/mol. The minimum absolute atomic E-state index is 0.00319. The number of benzene rings is 2. The maximum Gasteiger partial charge on any atom is 0.273 e. The molecular weight excluding hydrogens is 242 g/mol. The van der Waals surface area contributed by atoms with E-state index in [9.17, 15) is 14.9 Å². The number of nitro groups is 1. The molecule has 19 heavy (non-hydrogen) atoms. The minimum Gasteiger partial charge on any atom is -0.298 e. The van der Waals surface area contributed by atoms with Crippen LogP contribution < -0.4 is 0 Å². The molecule has 2 aromatic carbocycles. The van der Waals surface area contributed by atoms with Crippen LogP contribution in [-0.4, -0.2) is 11.2 Å². The fourth-order valence-electron chi connectivity index (χ4n) is 2.09. The zero-order chi connectivity index (χ0) is 13.8. The summed E-state index contributed by atoms with van der Waals surface area (Å²) in [5.74, 6) is 0. The highest BCUT2D eigenvalue weighted by molar-refractivity contribution is 5.82. The molecule has 0 N–H and O–H groups in total. The molecular formula is C15H13NO3. The van der Waals surface area contributed by atoms with Crippen LogP contribution >= 0.6 is 0 Å². The quantitative estimate of drug-likeness (QED) is 0.478. The SMILES string of the molecule is Cc1ccc([N+](=O)[O-])c(Cc2ccccc2)c1C=O. The van der Waals surface area contributed by atoms with Crippen LogP contribution in [0.15, 0.2) is 42.5 Å². The molecule has 0 atom stereocenters. The first-order valence-corrected chi connectivity index (χ1v) is 5.89. The molecule has 4 nitrogen and oxygen atoms in total. The van der Waals surface area contributed by atoms with Gasteiger partial charge >= 0.3 is 0 Å². The molecule has 0 saturated carbocycles. The van der Waals surface area contributed by atoms with Crippen LogP contribution in [0.1, 0.15) is 27.0 Å². The number of hydrogen-bond donors (Lipinski definition) is 0. The van der Waals surface area contributed by atoms with E-state index in [-0.39, 0.29) is 5.69 Å². The van der Waals surface area contributed by atoms with Crippen molar-refractivity contribution >= 4 is 12.0 Å². The summed E-state index contributed by atoms with van der Waals surface area (Å²) in [6, 6.07) is 12.5. The van der Waals surface area contributed by atoms with Gasteiger partial charge in [-0.2, -0.15) is 0 Å². The third-order valence-electron chi connectivity index (χ3n) is 3.09. The second-order valence-electron chi connectivity index (χ2n) is 4.33. The molecule has 0 aliphatic rings. The second-order valence-corrected chi connectivity index (χ2v) is 4.33. The van der Waals surface area contributed by atoms with Gasteiger partial charge in [0.1, 0.15) is 0 Å². The maximum atomic E-state index is 11.2. The standard InChI is InChI=1S/C15H13NO3/c1-11-7-8-15(16(18)19)13(14(11)10-17)9-12-5-3-2-4-6-12/h2-8,10H,9H2,1H3. The lowest BCUT2D eigenvalue weighted by atomic mass is 9.95. The average Bonchev–Trinajstić information content (AvgIpc) is 2.40. The van der Waals surface area contributed by atoms with Crippen molar-refractivity contribution in [3.63, 3.8) is 0 Å². The number of rotatable bonds is 4. The van der Waals surface area contributed by atoms with Crippen molar-refractivity contribution in [2.24, 2.45) is 0 Å². The van der Waals surface area contributed by atoms with E-state index in [1.807, 2.05) is 30.3 Å². The van der Waals surface area contributed by atoms with E-state index < -0.39 is 4.92 Å². The molecule has 2 rings (SSSR count). The summed E-state index contributed by atoms with van der Waals surface area (Å²) in [6.07, 6.45) is 1.08. The lowest BCUT2D eigenvalue weighted by Gasteiger charge is -2.08. The molecule has 0 aliphatic heterocycles. The zero-order valence-electron chi connectivity index (χ0n) is 10.5. The van der Waals surface area contributed by atoms with Crippen molar-refractivity contribution in [3.8, 4) is 0 Å². The smallest absolute Gasteiger partial charge is 0.273 e. The van der Waals surface area contributed by atoms with Gasteiger partial charge in [0.25, 0.3) is 5.69 Å². The van der Waals surface area contributed by atoms with Gasteiger partial charge in [-0.05, 0) is 18.1 Å². The molecule has 0 radical (unpaired) electrons. The molecule has 96 valence electrons. The van der Waals surface area contributed by atoms with E-state index in [0.29, 0.717) is 23.8 Å². The fourth-order valence-corrected chi connectivity index (χ4v) is 2.09. The normalized spacial score (nSPS) is 10.2. The Bertz CT molecular complexity index is 621. The summed E-state index contributed by atoms with van der Waals surface area (Å²) >= 11 is 0. The highest BCUT2D eigenvalue weighted by atomic mass is 16.6. The monoisotopic (exact) mass is 255 g/mol. The van der Waals surface area contributed by atoms with E-state index >= 15 is 0 Å². The second kappa shape index (κ2) is 5.44. The van der Waals surface area contributed by atoms with Crippen LogP contribution in [0.25, 0.3) is 0 Å². The molecule has 0 aromatic heterocycles. The molecule has 0 bridgehead atoms. The molecule has 0 fully saturated rings. The highest BCUT2D eigenvalue weighted by Gasteiger charge is 2.19. The van der Waals surface area contributed by atoms with E-state index in [0.717, 1.165) is 11.1 Å². The van der Waals surface area contributed by atoms with Gasteiger partial charge in [0.15, 0.2) is 6.29 Å². The van der Waals surface area contributed by atoms with Gasteiger partial charge < -0.3 is 0 Å². The average molecular weight is 255 g/mol. The van der Waals surface area contributed by atoms with Crippen molar-refractivity contribution in [3.05, 3.63) is 74.8 Å². The van der Waals surface area contributed by atoms with Gasteiger partial charge in [-0.25, -0.2) is 0 Å². The van der Waals surface area contributed by atoms with Crippen LogP contribution in [0, 0.1) is 17.0 Å². The summed E-state index contributed by atoms with van der Waals surface area (Å²) in [4.78, 5) is 21.8.